The molecule has 2 heteroatoms. The highest BCUT2D eigenvalue weighted by atomic mass is 16.1. The molecule has 23 heavy (non-hydrogen) atoms. The molecule has 0 aromatic heterocycles. The van der Waals surface area contributed by atoms with Crippen molar-refractivity contribution in [3.05, 3.63) is 0 Å². The molecule has 4 saturated carbocycles. The van der Waals surface area contributed by atoms with Gasteiger partial charge in [0.05, 0.1) is 6.04 Å². The minimum absolute atomic E-state index is 0.456. The molecule has 2 nitrogen and oxygen atoms in total. The molecular formula is C21H31NO. The molecule has 0 amide bonds. The molecule has 0 saturated heterocycles. The first-order chi connectivity index (χ1) is 11.0. The highest BCUT2D eigenvalue weighted by Gasteiger charge is 2.63. The Kier molecular flexibility index (Phi) is 3.00. The molecule has 8 atom stereocenters. The van der Waals surface area contributed by atoms with Crippen LogP contribution < -0.4 is 0 Å². The highest BCUT2D eigenvalue weighted by Crippen LogP contribution is 2.68. The molecule has 5 rings (SSSR count). The first-order valence-electron chi connectivity index (χ1n) is 10.1. The normalized spacial score (nSPS) is 57.6. The lowest BCUT2D eigenvalue weighted by atomic mass is 9.45. The van der Waals surface area contributed by atoms with Gasteiger partial charge in [-0.3, -0.25) is 9.79 Å². The summed E-state index contributed by atoms with van der Waals surface area (Å²) in [6, 6.07) is 0.566. The number of carbonyl (C=O) groups excluding carboxylic acids is 1. The highest BCUT2D eigenvalue weighted by molar-refractivity contribution is 5.79. The van der Waals surface area contributed by atoms with E-state index in [9.17, 15) is 4.79 Å². The maximum atomic E-state index is 12.0. The van der Waals surface area contributed by atoms with Crippen molar-refractivity contribution < 1.29 is 4.79 Å². The quantitative estimate of drug-likeness (QED) is 0.639. The second-order valence-electron chi connectivity index (χ2n) is 9.75. The van der Waals surface area contributed by atoms with Crippen LogP contribution in [0.15, 0.2) is 4.99 Å². The van der Waals surface area contributed by atoms with Crippen LogP contribution in [-0.2, 0) is 4.79 Å². The molecule has 4 fully saturated rings. The minimum Gasteiger partial charge on any atom is -0.300 e. The van der Waals surface area contributed by atoms with Gasteiger partial charge in [-0.15, -0.1) is 0 Å². The molecule has 8 unspecified atom stereocenters. The van der Waals surface area contributed by atoms with Crippen molar-refractivity contribution in [2.75, 3.05) is 0 Å². The summed E-state index contributed by atoms with van der Waals surface area (Å²) >= 11 is 0. The number of ketones is 1. The van der Waals surface area contributed by atoms with Gasteiger partial charge in [-0.1, -0.05) is 6.92 Å². The number of rotatable bonds is 0. The van der Waals surface area contributed by atoms with Gasteiger partial charge in [0.2, 0.25) is 0 Å². The fraction of sp³-hybridized carbons (Fsp3) is 0.905. The van der Waals surface area contributed by atoms with Crippen LogP contribution in [0, 0.1) is 40.4 Å². The maximum absolute atomic E-state index is 12.0. The number of nitrogens with zero attached hydrogens (tertiary/aromatic N) is 1. The van der Waals surface area contributed by atoms with Crippen molar-refractivity contribution in [1.29, 1.82) is 0 Å². The molecule has 0 aromatic rings. The van der Waals surface area contributed by atoms with Crippen LogP contribution in [-0.4, -0.2) is 18.0 Å². The summed E-state index contributed by atoms with van der Waals surface area (Å²) in [5.41, 5.74) is 0.923. The number of aliphatic imine (C=N–C) groups is 1. The predicted molar refractivity (Wildman–Crippen MR) is 92.5 cm³/mol. The molecule has 1 heterocycles. The lowest BCUT2D eigenvalue weighted by Gasteiger charge is -2.59. The molecule has 1 spiro atoms. The van der Waals surface area contributed by atoms with E-state index in [1.165, 1.54) is 44.9 Å². The zero-order valence-electron chi connectivity index (χ0n) is 14.8. The number of Topliss-reactive ketones (excluding diaryl/α,β-unsaturated/α-hetero) is 1. The van der Waals surface area contributed by atoms with E-state index in [0.29, 0.717) is 28.6 Å². The summed E-state index contributed by atoms with van der Waals surface area (Å²) in [6.07, 6.45) is 13.7. The third-order valence-electron chi connectivity index (χ3n) is 9.27. The second kappa shape index (κ2) is 4.70. The van der Waals surface area contributed by atoms with Crippen LogP contribution in [0.4, 0.5) is 0 Å². The Bertz CT molecular complexity index is 568. The molecule has 126 valence electrons. The summed E-state index contributed by atoms with van der Waals surface area (Å²) in [4.78, 5) is 16.8. The topological polar surface area (TPSA) is 29.4 Å². The standard InChI is InChI=1S/C21H31NO/c1-13-17-5-6-19-16-4-3-14-11-15(23)7-9-20(14,2)18(16)8-10-21(17,19)12-22-13/h12-14,16-19H,3-11H2,1-2H3. The third-order valence-corrected chi connectivity index (χ3v) is 9.27. The number of hydrogen-bond donors (Lipinski definition) is 0. The van der Waals surface area contributed by atoms with Gasteiger partial charge in [0.25, 0.3) is 0 Å². The Labute approximate surface area is 140 Å². The average Bonchev–Trinajstić information content (AvgIpc) is 3.06. The lowest BCUT2D eigenvalue weighted by Crippen LogP contribution is -2.54. The zero-order chi connectivity index (χ0) is 15.8. The Morgan fingerprint density at radius 3 is 2.74 bits per heavy atom. The van der Waals surface area contributed by atoms with Gasteiger partial charge >= 0.3 is 0 Å². The Balaban J connectivity index is 1.48. The first kappa shape index (κ1) is 14.7. The van der Waals surface area contributed by atoms with Crippen LogP contribution >= 0.6 is 0 Å². The van der Waals surface area contributed by atoms with Gasteiger partial charge in [-0.25, -0.2) is 0 Å². The Morgan fingerprint density at radius 1 is 1.04 bits per heavy atom. The van der Waals surface area contributed by atoms with Gasteiger partial charge < -0.3 is 0 Å². The largest absolute Gasteiger partial charge is 0.300 e. The van der Waals surface area contributed by atoms with E-state index in [2.05, 4.69) is 20.1 Å². The van der Waals surface area contributed by atoms with Crippen LogP contribution in [0.2, 0.25) is 0 Å². The summed E-state index contributed by atoms with van der Waals surface area (Å²) in [5.74, 6) is 4.76. The molecule has 0 aromatic carbocycles. The SMILES string of the molecule is CC1N=CC23CCC4C(CCC5CC(=O)CCC54C)C2CCC13. The summed E-state index contributed by atoms with van der Waals surface area (Å²) in [5, 5.41) is 0. The molecule has 0 bridgehead atoms. The van der Waals surface area contributed by atoms with Crippen molar-refractivity contribution in [1.82, 2.24) is 0 Å². The van der Waals surface area contributed by atoms with Crippen molar-refractivity contribution >= 4 is 12.0 Å². The van der Waals surface area contributed by atoms with Crippen molar-refractivity contribution in [2.24, 2.45) is 45.4 Å². The Morgan fingerprint density at radius 2 is 1.87 bits per heavy atom. The molecule has 5 aliphatic rings. The van der Waals surface area contributed by atoms with E-state index < -0.39 is 0 Å². The molecular weight excluding hydrogens is 282 g/mol. The van der Waals surface area contributed by atoms with E-state index >= 15 is 0 Å². The van der Waals surface area contributed by atoms with E-state index in [1.807, 2.05) is 0 Å². The molecule has 0 N–H and O–H groups in total. The van der Waals surface area contributed by atoms with Crippen molar-refractivity contribution in [2.45, 2.75) is 77.7 Å². The van der Waals surface area contributed by atoms with Gasteiger partial charge in [-0.05, 0) is 86.9 Å². The molecule has 4 aliphatic carbocycles. The summed E-state index contributed by atoms with van der Waals surface area (Å²) < 4.78 is 0. The molecule has 0 radical (unpaired) electrons. The van der Waals surface area contributed by atoms with Crippen LogP contribution in [0.3, 0.4) is 0 Å². The van der Waals surface area contributed by atoms with E-state index in [-0.39, 0.29) is 0 Å². The van der Waals surface area contributed by atoms with Crippen molar-refractivity contribution in [3.8, 4) is 0 Å². The third kappa shape index (κ3) is 1.76. The predicted octanol–water partition coefficient (Wildman–Crippen LogP) is 4.67. The fourth-order valence-electron chi connectivity index (χ4n) is 8.12. The summed E-state index contributed by atoms with van der Waals surface area (Å²) in [7, 11) is 0. The number of hydrogen-bond acceptors (Lipinski definition) is 2. The number of fused-ring (bicyclic) bond motifs is 4. The van der Waals surface area contributed by atoms with Crippen molar-refractivity contribution in [3.63, 3.8) is 0 Å². The minimum atomic E-state index is 0.456. The summed E-state index contributed by atoms with van der Waals surface area (Å²) in [6.45, 7) is 4.89. The first-order valence-corrected chi connectivity index (χ1v) is 10.1. The zero-order valence-corrected chi connectivity index (χ0v) is 14.8. The van der Waals surface area contributed by atoms with Gasteiger partial charge in [-0.2, -0.15) is 0 Å². The van der Waals surface area contributed by atoms with Gasteiger partial charge in [0.15, 0.2) is 0 Å². The van der Waals surface area contributed by atoms with Crippen LogP contribution in [0.25, 0.3) is 0 Å². The second-order valence-corrected chi connectivity index (χ2v) is 9.75. The average molecular weight is 313 g/mol. The number of carbonyl (C=O) groups is 1. The smallest absolute Gasteiger partial charge is 0.133 e. The fourth-order valence-corrected chi connectivity index (χ4v) is 8.12. The molecule has 1 aliphatic heterocycles. The van der Waals surface area contributed by atoms with Gasteiger partial charge in [0, 0.05) is 24.5 Å². The van der Waals surface area contributed by atoms with Crippen LogP contribution in [0.1, 0.15) is 71.6 Å². The van der Waals surface area contributed by atoms with Gasteiger partial charge in [0.1, 0.15) is 5.78 Å². The van der Waals surface area contributed by atoms with E-state index in [0.717, 1.165) is 36.5 Å². The maximum Gasteiger partial charge on any atom is 0.133 e. The van der Waals surface area contributed by atoms with Crippen LogP contribution in [0.5, 0.6) is 0 Å². The Hall–Kier alpha value is -0.660. The lowest BCUT2D eigenvalue weighted by molar-refractivity contribution is -0.136. The van der Waals surface area contributed by atoms with E-state index in [1.54, 1.807) is 0 Å². The monoisotopic (exact) mass is 313 g/mol. The van der Waals surface area contributed by atoms with E-state index in [4.69, 9.17) is 4.99 Å².